The summed E-state index contributed by atoms with van der Waals surface area (Å²) in [6, 6.07) is 4.17. The third-order valence-corrected chi connectivity index (χ3v) is 5.42. The molecule has 3 rings (SSSR count). The molecule has 1 aliphatic rings. The molecule has 0 saturated carbocycles. The van der Waals surface area contributed by atoms with Crippen LogP contribution >= 0.6 is 22.7 Å². The smallest absolute Gasteiger partial charge is 0.219 e. The molecule has 0 N–H and O–H groups in total. The van der Waals surface area contributed by atoms with Crippen LogP contribution in [0, 0.1) is 0 Å². The van der Waals surface area contributed by atoms with Gasteiger partial charge in [-0.1, -0.05) is 6.07 Å². The zero-order valence-corrected chi connectivity index (χ0v) is 13.0. The minimum absolute atomic E-state index is 0.179. The summed E-state index contributed by atoms with van der Waals surface area (Å²) in [6.45, 7) is 6.06. The number of piperazine rings is 1. The van der Waals surface area contributed by atoms with Crippen molar-refractivity contribution in [1.29, 1.82) is 0 Å². The Morgan fingerprint density at radius 3 is 2.75 bits per heavy atom. The monoisotopic (exact) mass is 307 g/mol. The Labute approximate surface area is 126 Å². The second kappa shape index (κ2) is 6.03. The van der Waals surface area contributed by atoms with Gasteiger partial charge in [-0.3, -0.25) is 9.69 Å². The van der Waals surface area contributed by atoms with E-state index in [1.165, 1.54) is 4.88 Å². The molecule has 0 atom stereocenters. The van der Waals surface area contributed by atoms with E-state index in [-0.39, 0.29) is 5.91 Å². The normalized spacial score (nSPS) is 16.6. The van der Waals surface area contributed by atoms with E-state index < -0.39 is 0 Å². The van der Waals surface area contributed by atoms with Crippen LogP contribution in [0.25, 0.3) is 9.88 Å². The van der Waals surface area contributed by atoms with Crippen LogP contribution < -0.4 is 0 Å². The lowest BCUT2D eigenvalue weighted by molar-refractivity contribution is -0.130. The van der Waals surface area contributed by atoms with Crippen molar-refractivity contribution in [3.8, 4) is 9.88 Å². The lowest BCUT2D eigenvalue weighted by atomic mass is 10.3. The molecule has 3 heterocycles. The zero-order valence-electron chi connectivity index (χ0n) is 11.4. The molecule has 0 bridgehead atoms. The van der Waals surface area contributed by atoms with Crippen molar-refractivity contribution in [2.75, 3.05) is 26.2 Å². The van der Waals surface area contributed by atoms with Crippen LogP contribution in [0.2, 0.25) is 0 Å². The van der Waals surface area contributed by atoms with Gasteiger partial charge in [0.1, 0.15) is 5.01 Å². The largest absolute Gasteiger partial charge is 0.340 e. The van der Waals surface area contributed by atoms with Gasteiger partial charge in [0, 0.05) is 45.0 Å². The molecule has 6 heteroatoms. The molecule has 2 aromatic heterocycles. The van der Waals surface area contributed by atoms with Crippen molar-refractivity contribution in [1.82, 2.24) is 14.8 Å². The van der Waals surface area contributed by atoms with Gasteiger partial charge in [0.15, 0.2) is 0 Å². The van der Waals surface area contributed by atoms with Crippen LogP contribution in [0.1, 0.15) is 12.6 Å². The van der Waals surface area contributed by atoms with E-state index in [1.807, 2.05) is 4.90 Å². The van der Waals surface area contributed by atoms with E-state index in [9.17, 15) is 4.79 Å². The zero-order chi connectivity index (χ0) is 13.9. The topological polar surface area (TPSA) is 36.4 Å². The molecule has 20 heavy (non-hydrogen) atoms. The Morgan fingerprint density at radius 1 is 1.30 bits per heavy atom. The second-order valence-corrected chi connectivity index (χ2v) is 6.71. The van der Waals surface area contributed by atoms with Crippen LogP contribution in [0.4, 0.5) is 0 Å². The molecule has 1 aliphatic heterocycles. The first-order chi connectivity index (χ1) is 9.72. The Balaban J connectivity index is 1.58. The van der Waals surface area contributed by atoms with Crippen molar-refractivity contribution in [3.05, 3.63) is 28.6 Å². The summed E-state index contributed by atoms with van der Waals surface area (Å²) in [5, 5.41) is 5.33. The van der Waals surface area contributed by atoms with E-state index in [2.05, 4.69) is 27.8 Å². The number of thiophene rings is 1. The Morgan fingerprint density at radius 2 is 2.10 bits per heavy atom. The fraction of sp³-hybridized carbons (Fsp3) is 0.429. The van der Waals surface area contributed by atoms with Gasteiger partial charge in [-0.25, -0.2) is 4.98 Å². The second-order valence-electron chi connectivity index (χ2n) is 4.90. The summed E-state index contributed by atoms with van der Waals surface area (Å²) in [5.41, 5.74) is 1.13. The van der Waals surface area contributed by atoms with Crippen molar-refractivity contribution < 1.29 is 4.79 Å². The lowest BCUT2D eigenvalue weighted by Gasteiger charge is -2.33. The number of hydrogen-bond acceptors (Lipinski definition) is 5. The maximum Gasteiger partial charge on any atom is 0.219 e. The molecular weight excluding hydrogens is 290 g/mol. The highest BCUT2D eigenvalue weighted by molar-refractivity contribution is 7.20. The molecule has 0 aliphatic carbocycles. The van der Waals surface area contributed by atoms with Crippen molar-refractivity contribution in [3.63, 3.8) is 0 Å². The molecule has 4 nitrogen and oxygen atoms in total. The highest BCUT2D eigenvalue weighted by atomic mass is 32.1. The number of carbonyl (C=O) groups excluding carboxylic acids is 1. The predicted molar refractivity (Wildman–Crippen MR) is 83.0 cm³/mol. The molecule has 0 spiro atoms. The summed E-state index contributed by atoms with van der Waals surface area (Å²) in [6.07, 6.45) is 0. The summed E-state index contributed by atoms with van der Waals surface area (Å²) in [4.78, 5) is 21.5. The number of nitrogens with zero attached hydrogens (tertiary/aromatic N) is 3. The minimum atomic E-state index is 0.179. The van der Waals surface area contributed by atoms with E-state index in [0.29, 0.717) is 0 Å². The SMILES string of the molecule is CC(=O)N1CCN(Cc2csc(-c3cccs3)n2)CC1. The summed E-state index contributed by atoms with van der Waals surface area (Å²) >= 11 is 3.44. The highest BCUT2D eigenvalue weighted by Gasteiger charge is 2.19. The molecule has 1 amide bonds. The number of rotatable bonds is 3. The predicted octanol–water partition coefficient (Wildman–Crippen LogP) is 2.54. The van der Waals surface area contributed by atoms with Gasteiger partial charge in [-0.15, -0.1) is 22.7 Å². The standard InChI is InChI=1S/C14H17N3OS2/c1-11(18)17-6-4-16(5-7-17)9-12-10-20-14(15-12)13-3-2-8-19-13/h2-3,8,10H,4-7,9H2,1H3. The van der Waals surface area contributed by atoms with E-state index in [1.54, 1.807) is 29.6 Å². The first-order valence-corrected chi connectivity index (χ1v) is 8.44. The van der Waals surface area contributed by atoms with E-state index in [4.69, 9.17) is 4.98 Å². The minimum Gasteiger partial charge on any atom is -0.340 e. The lowest BCUT2D eigenvalue weighted by Crippen LogP contribution is -2.47. The number of amides is 1. The number of carbonyl (C=O) groups is 1. The fourth-order valence-electron chi connectivity index (χ4n) is 2.34. The van der Waals surface area contributed by atoms with Gasteiger partial charge in [-0.2, -0.15) is 0 Å². The van der Waals surface area contributed by atoms with Gasteiger partial charge in [0.05, 0.1) is 10.6 Å². The van der Waals surface area contributed by atoms with Gasteiger partial charge in [-0.05, 0) is 11.4 Å². The number of thiazole rings is 1. The molecule has 106 valence electrons. The van der Waals surface area contributed by atoms with Crippen LogP contribution in [0.3, 0.4) is 0 Å². The molecule has 2 aromatic rings. The Bertz CT molecular complexity index is 571. The molecule has 0 radical (unpaired) electrons. The van der Waals surface area contributed by atoms with Gasteiger partial charge >= 0.3 is 0 Å². The number of hydrogen-bond donors (Lipinski definition) is 0. The van der Waals surface area contributed by atoms with Gasteiger partial charge in [0.2, 0.25) is 5.91 Å². The maximum atomic E-state index is 11.3. The van der Waals surface area contributed by atoms with Crippen molar-refractivity contribution in [2.24, 2.45) is 0 Å². The molecular formula is C14H17N3OS2. The average Bonchev–Trinajstić information content (AvgIpc) is 3.09. The average molecular weight is 307 g/mol. The maximum absolute atomic E-state index is 11.3. The van der Waals surface area contributed by atoms with E-state index in [0.717, 1.165) is 43.4 Å². The summed E-state index contributed by atoms with van der Waals surface area (Å²) in [5.74, 6) is 0.179. The number of aromatic nitrogens is 1. The first-order valence-electron chi connectivity index (χ1n) is 6.68. The molecule has 0 unspecified atom stereocenters. The van der Waals surface area contributed by atoms with Crippen molar-refractivity contribution >= 4 is 28.6 Å². The van der Waals surface area contributed by atoms with Gasteiger partial charge in [0.25, 0.3) is 0 Å². The van der Waals surface area contributed by atoms with Crippen LogP contribution in [0.15, 0.2) is 22.9 Å². The third kappa shape index (κ3) is 3.08. The van der Waals surface area contributed by atoms with Crippen LogP contribution in [-0.4, -0.2) is 46.9 Å². The fourth-order valence-corrected chi connectivity index (χ4v) is 3.97. The quantitative estimate of drug-likeness (QED) is 0.874. The van der Waals surface area contributed by atoms with Crippen LogP contribution in [-0.2, 0) is 11.3 Å². The molecule has 1 saturated heterocycles. The first kappa shape index (κ1) is 13.7. The summed E-state index contributed by atoms with van der Waals surface area (Å²) in [7, 11) is 0. The van der Waals surface area contributed by atoms with E-state index >= 15 is 0 Å². The van der Waals surface area contributed by atoms with Crippen molar-refractivity contribution in [2.45, 2.75) is 13.5 Å². The Kier molecular flexibility index (Phi) is 4.14. The Hall–Kier alpha value is -1.24. The molecule has 0 aromatic carbocycles. The highest BCUT2D eigenvalue weighted by Crippen LogP contribution is 2.28. The molecule has 1 fully saturated rings. The third-order valence-electron chi connectivity index (χ3n) is 3.49. The summed E-state index contributed by atoms with van der Waals surface area (Å²) < 4.78 is 0. The van der Waals surface area contributed by atoms with Gasteiger partial charge < -0.3 is 4.90 Å². The van der Waals surface area contributed by atoms with Crippen LogP contribution in [0.5, 0.6) is 0 Å².